The maximum atomic E-state index is 11.4. The van der Waals surface area contributed by atoms with Crippen LogP contribution in [0.25, 0.3) is 33.8 Å². The molecule has 1 saturated carbocycles. The number of allylic oxidation sites excluding steroid dienone is 1. The summed E-state index contributed by atoms with van der Waals surface area (Å²) in [6.07, 6.45) is 9.08. The number of hydrogen-bond acceptors (Lipinski definition) is 6. The van der Waals surface area contributed by atoms with E-state index in [0.717, 1.165) is 59.9 Å². The van der Waals surface area contributed by atoms with Gasteiger partial charge in [0, 0.05) is 29.2 Å². The molecule has 0 bridgehead atoms. The van der Waals surface area contributed by atoms with Crippen molar-refractivity contribution >= 4 is 28.7 Å². The fourth-order valence-electron chi connectivity index (χ4n) is 6.58. The first-order chi connectivity index (χ1) is 19.1. The zero-order valence-corrected chi connectivity index (χ0v) is 21.8. The van der Waals surface area contributed by atoms with Gasteiger partial charge in [-0.25, -0.2) is 4.79 Å². The van der Waals surface area contributed by atoms with Crippen molar-refractivity contribution in [1.82, 2.24) is 24.8 Å². The zero-order chi connectivity index (χ0) is 26.3. The third kappa shape index (κ3) is 4.50. The molecule has 1 atom stereocenters. The van der Waals surface area contributed by atoms with Crippen LogP contribution in [0.15, 0.2) is 42.5 Å². The van der Waals surface area contributed by atoms with E-state index in [1.165, 1.54) is 30.5 Å². The number of benzene rings is 2. The van der Waals surface area contributed by atoms with E-state index in [1.54, 1.807) is 10.9 Å². The molecule has 2 aliphatic heterocycles. The van der Waals surface area contributed by atoms with Gasteiger partial charge in [-0.2, -0.15) is 4.80 Å². The Morgan fingerprint density at radius 1 is 1.08 bits per heavy atom. The summed E-state index contributed by atoms with van der Waals surface area (Å²) in [5.74, 6) is 1.35. The number of rotatable bonds is 5. The van der Waals surface area contributed by atoms with Gasteiger partial charge in [0.2, 0.25) is 5.82 Å². The fourth-order valence-corrected chi connectivity index (χ4v) is 6.58. The molecular formula is C30H31N5O4. The second-order valence-corrected chi connectivity index (χ2v) is 10.8. The van der Waals surface area contributed by atoms with Crippen LogP contribution in [0.5, 0.6) is 5.75 Å². The molecule has 3 aliphatic rings. The number of fused-ring (bicyclic) bond motifs is 5. The molecule has 2 fully saturated rings. The highest BCUT2D eigenvalue weighted by Gasteiger charge is 2.30. The quantitative estimate of drug-likeness (QED) is 0.247. The minimum Gasteiger partial charge on any atom is -0.449 e. The lowest BCUT2D eigenvalue weighted by atomic mass is 9.81. The van der Waals surface area contributed by atoms with Crippen molar-refractivity contribution in [2.24, 2.45) is 0 Å². The van der Waals surface area contributed by atoms with E-state index in [2.05, 4.69) is 45.2 Å². The van der Waals surface area contributed by atoms with Gasteiger partial charge in [-0.3, -0.25) is 0 Å². The van der Waals surface area contributed by atoms with Gasteiger partial charge in [0.05, 0.1) is 30.4 Å². The Balaban J connectivity index is 1.39. The summed E-state index contributed by atoms with van der Waals surface area (Å²) in [7, 11) is 0. The van der Waals surface area contributed by atoms with Gasteiger partial charge in [0.15, 0.2) is 0 Å². The Bertz CT molecular complexity index is 1570. The van der Waals surface area contributed by atoms with Crippen molar-refractivity contribution in [3.63, 3.8) is 0 Å². The molecule has 9 heteroatoms. The first kappa shape index (κ1) is 24.1. The maximum Gasteiger partial charge on any atom is 0.511 e. The summed E-state index contributed by atoms with van der Waals surface area (Å²) in [5, 5.41) is 24.0. The highest BCUT2D eigenvalue weighted by Crippen LogP contribution is 2.47. The summed E-state index contributed by atoms with van der Waals surface area (Å²) in [6.45, 7) is 1.92. The van der Waals surface area contributed by atoms with Crippen LogP contribution >= 0.6 is 0 Å². The lowest BCUT2D eigenvalue weighted by molar-refractivity contribution is 0.0897. The molecule has 0 spiro atoms. The molecule has 200 valence electrons. The average molecular weight is 526 g/mol. The van der Waals surface area contributed by atoms with Crippen LogP contribution in [0, 0.1) is 0 Å². The molecule has 39 heavy (non-hydrogen) atoms. The molecular weight excluding hydrogens is 494 g/mol. The van der Waals surface area contributed by atoms with Gasteiger partial charge in [0.1, 0.15) is 5.75 Å². The molecule has 9 nitrogen and oxygen atoms in total. The molecule has 4 aromatic rings. The van der Waals surface area contributed by atoms with E-state index in [1.807, 2.05) is 12.1 Å². The van der Waals surface area contributed by atoms with Crippen molar-refractivity contribution in [2.45, 2.75) is 70.1 Å². The van der Waals surface area contributed by atoms with Crippen molar-refractivity contribution in [2.75, 3.05) is 6.61 Å². The molecule has 2 aromatic carbocycles. The largest absolute Gasteiger partial charge is 0.511 e. The predicted molar refractivity (Wildman–Crippen MR) is 147 cm³/mol. The maximum absolute atomic E-state index is 11.4. The Morgan fingerprint density at radius 2 is 1.95 bits per heavy atom. The van der Waals surface area contributed by atoms with Gasteiger partial charge in [-0.05, 0) is 66.2 Å². The molecule has 7 rings (SSSR count). The minimum atomic E-state index is -1.32. The van der Waals surface area contributed by atoms with Crippen LogP contribution < -0.4 is 4.74 Å². The van der Waals surface area contributed by atoms with Crippen LogP contribution in [0.4, 0.5) is 4.79 Å². The third-order valence-electron chi connectivity index (χ3n) is 8.30. The SMILES string of the molecule is O=C(O)Oc1ccc2c(C3CCCCC3)c3n(c2c1)CC(c1nnn(CC2CCCO2)n1)=Cc1ccccc1-3. The van der Waals surface area contributed by atoms with E-state index < -0.39 is 6.16 Å². The second-order valence-electron chi connectivity index (χ2n) is 10.8. The first-order valence-corrected chi connectivity index (χ1v) is 13.9. The van der Waals surface area contributed by atoms with Gasteiger partial charge in [-0.15, -0.1) is 10.2 Å². The molecule has 2 aromatic heterocycles. The number of ether oxygens (including phenoxy) is 2. The number of aromatic nitrogens is 5. The number of tetrazole rings is 1. The average Bonchev–Trinajstić information content (AvgIpc) is 3.67. The van der Waals surface area contributed by atoms with Gasteiger partial charge >= 0.3 is 6.16 Å². The normalized spacial score (nSPS) is 19.4. The Kier molecular flexibility index (Phi) is 6.15. The Morgan fingerprint density at radius 3 is 2.77 bits per heavy atom. The Hall–Kier alpha value is -3.98. The van der Waals surface area contributed by atoms with E-state index >= 15 is 0 Å². The fraction of sp³-hybridized carbons (Fsp3) is 0.400. The van der Waals surface area contributed by atoms with Crippen molar-refractivity contribution < 1.29 is 19.4 Å². The predicted octanol–water partition coefficient (Wildman–Crippen LogP) is 6.13. The van der Waals surface area contributed by atoms with E-state index in [9.17, 15) is 9.90 Å². The summed E-state index contributed by atoms with van der Waals surface area (Å²) in [4.78, 5) is 13.0. The van der Waals surface area contributed by atoms with Crippen LogP contribution in [0.1, 0.15) is 67.8 Å². The van der Waals surface area contributed by atoms with Crippen LogP contribution in [0.2, 0.25) is 0 Å². The molecule has 1 aliphatic carbocycles. The molecule has 0 radical (unpaired) electrons. The molecule has 0 amide bonds. The highest BCUT2D eigenvalue weighted by atomic mass is 16.7. The summed E-state index contributed by atoms with van der Waals surface area (Å²) < 4.78 is 13.2. The van der Waals surface area contributed by atoms with E-state index in [0.29, 0.717) is 30.6 Å². The second kappa shape index (κ2) is 9.96. The smallest absolute Gasteiger partial charge is 0.449 e. The van der Waals surface area contributed by atoms with Crippen molar-refractivity contribution in [3.05, 3.63) is 59.4 Å². The zero-order valence-electron chi connectivity index (χ0n) is 21.8. The van der Waals surface area contributed by atoms with Gasteiger partial charge in [0.25, 0.3) is 0 Å². The van der Waals surface area contributed by atoms with Crippen molar-refractivity contribution in [1.29, 1.82) is 0 Å². The Labute approximate surface area is 226 Å². The van der Waals surface area contributed by atoms with E-state index in [-0.39, 0.29) is 6.10 Å². The molecule has 1 saturated heterocycles. The molecule has 4 heterocycles. The van der Waals surface area contributed by atoms with E-state index in [4.69, 9.17) is 14.6 Å². The van der Waals surface area contributed by atoms with Crippen LogP contribution in [-0.4, -0.2) is 48.7 Å². The van der Waals surface area contributed by atoms with Gasteiger partial charge in [-0.1, -0.05) is 43.5 Å². The standard InChI is InChI=1S/C30H31N5O4/c36-30(37)39-22-12-13-25-26(16-22)34-17-21(29-31-33-35(32-29)18-23-10-6-14-38-23)15-20-9-4-5-11-24(20)28(34)27(25)19-7-2-1-3-8-19/h4-5,9,11-13,15-16,19,23H,1-3,6-8,10,14,17-18H2,(H,36,37). The summed E-state index contributed by atoms with van der Waals surface area (Å²) in [6, 6.07) is 14.1. The minimum absolute atomic E-state index is 0.126. The number of carboxylic acid groups (broad SMARTS) is 1. The lowest BCUT2D eigenvalue weighted by Gasteiger charge is -2.24. The highest BCUT2D eigenvalue weighted by molar-refractivity contribution is 5.98. The number of hydrogen-bond donors (Lipinski definition) is 1. The topological polar surface area (TPSA) is 104 Å². The summed E-state index contributed by atoms with van der Waals surface area (Å²) in [5.41, 5.74) is 6.73. The first-order valence-electron chi connectivity index (χ1n) is 13.9. The number of carbonyl (C=O) groups is 1. The van der Waals surface area contributed by atoms with Gasteiger partial charge < -0.3 is 19.1 Å². The lowest BCUT2D eigenvalue weighted by Crippen LogP contribution is -2.17. The monoisotopic (exact) mass is 525 g/mol. The van der Waals surface area contributed by atoms with Crippen LogP contribution in [-0.2, 0) is 17.8 Å². The van der Waals surface area contributed by atoms with Crippen molar-refractivity contribution in [3.8, 4) is 17.0 Å². The summed E-state index contributed by atoms with van der Waals surface area (Å²) >= 11 is 0. The number of nitrogens with zero attached hydrogens (tertiary/aromatic N) is 5. The third-order valence-corrected chi connectivity index (χ3v) is 8.30. The molecule has 1 unspecified atom stereocenters. The van der Waals surface area contributed by atoms with Crippen LogP contribution in [0.3, 0.4) is 0 Å². The molecule has 1 N–H and O–H groups in total.